The van der Waals surface area contributed by atoms with Crippen LogP contribution in [-0.2, 0) is 4.74 Å². The number of rotatable bonds is 8. The second-order valence-electron chi connectivity index (χ2n) is 7.40. The van der Waals surface area contributed by atoms with Gasteiger partial charge in [-0.05, 0) is 57.5 Å². The number of carbonyl (C=O) groups is 1. The van der Waals surface area contributed by atoms with Gasteiger partial charge in [-0.2, -0.15) is 0 Å². The Kier molecular flexibility index (Phi) is 6.42. The van der Waals surface area contributed by atoms with Crippen molar-refractivity contribution in [1.82, 2.24) is 25.6 Å². The maximum absolute atomic E-state index is 12.5. The zero-order valence-electron chi connectivity index (χ0n) is 15.3. The number of hydrogen-bond acceptors (Lipinski definition) is 5. The smallest absolute Gasteiger partial charge is 0.273 e. The maximum atomic E-state index is 12.5. The van der Waals surface area contributed by atoms with E-state index < -0.39 is 0 Å². The summed E-state index contributed by atoms with van der Waals surface area (Å²) >= 11 is 0. The van der Waals surface area contributed by atoms with Gasteiger partial charge in [-0.25, -0.2) is 4.68 Å². The summed E-state index contributed by atoms with van der Waals surface area (Å²) in [5, 5.41) is 14.7. The summed E-state index contributed by atoms with van der Waals surface area (Å²) in [4.78, 5) is 12.5. The lowest BCUT2D eigenvalue weighted by molar-refractivity contribution is 0.0859. The number of nitrogens with zero attached hydrogens (tertiary/aromatic N) is 3. The molecule has 2 heterocycles. The van der Waals surface area contributed by atoms with Gasteiger partial charge in [-0.1, -0.05) is 18.1 Å². The van der Waals surface area contributed by atoms with E-state index in [1.54, 1.807) is 6.20 Å². The first-order chi connectivity index (χ1) is 12.2. The highest BCUT2D eigenvalue weighted by molar-refractivity contribution is 5.91. The van der Waals surface area contributed by atoms with Gasteiger partial charge in [0.15, 0.2) is 5.69 Å². The topological polar surface area (TPSA) is 81.1 Å². The Morgan fingerprint density at radius 1 is 1.40 bits per heavy atom. The largest absolute Gasteiger partial charge is 0.382 e. The first-order valence-electron chi connectivity index (χ1n) is 9.71. The third kappa shape index (κ3) is 4.79. The molecular weight excluding hydrogens is 318 g/mol. The summed E-state index contributed by atoms with van der Waals surface area (Å²) in [5.74, 6) is -0.108. The van der Waals surface area contributed by atoms with Crippen molar-refractivity contribution in [3.8, 4) is 0 Å². The molecule has 0 bridgehead atoms. The molecule has 0 spiro atoms. The van der Waals surface area contributed by atoms with Crippen LogP contribution in [0.2, 0.25) is 0 Å². The molecule has 0 aromatic carbocycles. The van der Waals surface area contributed by atoms with Crippen molar-refractivity contribution < 1.29 is 9.53 Å². The number of nitrogens with one attached hydrogen (secondary N) is 2. The molecule has 7 heteroatoms. The molecular formula is C18H31N5O2. The molecule has 1 amide bonds. The first kappa shape index (κ1) is 18.3. The third-order valence-electron chi connectivity index (χ3n) is 5.69. The van der Waals surface area contributed by atoms with Crippen molar-refractivity contribution in [1.29, 1.82) is 0 Å². The Morgan fingerprint density at radius 2 is 2.16 bits per heavy atom. The summed E-state index contributed by atoms with van der Waals surface area (Å²) in [5.41, 5.74) is 0.618. The fourth-order valence-corrected chi connectivity index (χ4v) is 4.06. The highest BCUT2D eigenvalue weighted by Crippen LogP contribution is 2.40. The lowest BCUT2D eigenvalue weighted by Crippen LogP contribution is -2.37. The average molecular weight is 349 g/mol. The Bertz CT molecular complexity index is 547. The van der Waals surface area contributed by atoms with Crippen LogP contribution in [0.5, 0.6) is 0 Å². The molecule has 0 unspecified atom stereocenters. The molecule has 1 saturated heterocycles. The lowest BCUT2D eigenvalue weighted by Gasteiger charge is -2.29. The SMILES string of the molecule is CCOCCC1(CNC(=O)c2cn(C3CCNCC3)nn2)CCCC1. The number of aromatic nitrogens is 3. The molecule has 3 rings (SSSR count). The van der Waals surface area contributed by atoms with Gasteiger partial charge in [0.25, 0.3) is 5.91 Å². The molecule has 2 N–H and O–H groups in total. The molecule has 1 aromatic rings. The van der Waals surface area contributed by atoms with Crippen molar-refractivity contribution >= 4 is 5.91 Å². The minimum absolute atomic E-state index is 0.108. The van der Waals surface area contributed by atoms with Gasteiger partial charge in [0.05, 0.1) is 12.2 Å². The summed E-state index contributed by atoms with van der Waals surface area (Å²) in [6.45, 7) is 6.25. The van der Waals surface area contributed by atoms with E-state index in [0.29, 0.717) is 18.3 Å². The second-order valence-corrected chi connectivity index (χ2v) is 7.40. The predicted molar refractivity (Wildman–Crippen MR) is 95.5 cm³/mol. The van der Waals surface area contributed by atoms with E-state index in [1.807, 2.05) is 11.6 Å². The van der Waals surface area contributed by atoms with Crippen LogP contribution in [0.4, 0.5) is 0 Å². The van der Waals surface area contributed by atoms with Gasteiger partial charge in [-0.15, -0.1) is 5.10 Å². The average Bonchev–Trinajstić information content (AvgIpc) is 3.31. The monoisotopic (exact) mass is 349 g/mol. The number of hydrogen-bond donors (Lipinski definition) is 2. The lowest BCUT2D eigenvalue weighted by atomic mass is 9.83. The van der Waals surface area contributed by atoms with E-state index in [1.165, 1.54) is 25.7 Å². The number of piperidine rings is 1. The van der Waals surface area contributed by atoms with Crippen molar-refractivity contribution in [2.45, 2.75) is 57.9 Å². The molecule has 2 fully saturated rings. The van der Waals surface area contributed by atoms with Gasteiger partial charge < -0.3 is 15.4 Å². The molecule has 0 radical (unpaired) electrons. The van der Waals surface area contributed by atoms with E-state index in [2.05, 4.69) is 20.9 Å². The van der Waals surface area contributed by atoms with Crippen LogP contribution >= 0.6 is 0 Å². The standard InChI is InChI=1S/C18H31N5O2/c1-2-25-12-9-18(7-3-4-8-18)14-20-17(24)16-13-23(22-21-16)15-5-10-19-11-6-15/h13,15,19H,2-12,14H2,1H3,(H,20,24). The number of carbonyl (C=O) groups excluding carboxylic acids is 1. The van der Waals surface area contributed by atoms with Crippen LogP contribution in [0.15, 0.2) is 6.20 Å². The normalized spacial score (nSPS) is 20.7. The van der Waals surface area contributed by atoms with Gasteiger partial charge in [-0.3, -0.25) is 4.79 Å². The third-order valence-corrected chi connectivity index (χ3v) is 5.69. The Balaban J connectivity index is 1.53. The van der Waals surface area contributed by atoms with Crippen LogP contribution in [0.25, 0.3) is 0 Å². The predicted octanol–water partition coefficient (Wildman–Crippen LogP) is 1.92. The quantitative estimate of drug-likeness (QED) is 0.701. The van der Waals surface area contributed by atoms with Crippen LogP contribution in [0.3, 0.4) is 0 Å². The van der Waals surface area contributed by atoms with E-state index in [9.17, 15) is 4.79 Å². The minimum atomic E-state index is -0.108. The fraction of sp³-hybridized carbons (Fsp3) is 0.833. The molecule has 1 aliphatic carbocycles. The maximum Gasteiger partial charge on any atom is 0.273 e. The summed E-state index contributed by atoms with van der Waals surface area (Å²) < 4.78 is 7.40. The summed E-state index contributed by atoms with van der Waals surface area (Å²) in [7, 11) is 0. The van der Waals surface area contributed by atoms with Gasteiger partial charge in [0, 0.05) is 19.8 Å². The molecule has 1 aliphatic heterocycles. The molecule has 1 saturated carbocycles. The minimum Gasteiger partial charge on any atom is -0.382 e. The fourth-order valence-electron chi connectivity index (χ4n) is 4.06. The van der Waals surface area contributed by atoms with E-state index >= 15 is 0 Å². The molecule has 2 aliphatic rings. The van der Waals surface area contributed by atoms with Crippen LogP contribution in [0, 0.1) is 5.41 Å². The summed E-state index contributed by atoms with van der Waals surface area (Å²) in [6.07, 6.45) is 9.71. The van der Waals surface area contributed by atoms with Gasteiger partial charge in [0.2, 0.25) is 0 Å². The second kappa shape index (κ2) is 8.76. The van der Waals surface area contributed by atoms with Gasteiger partial charge in [0.1, 0.15) is 0 Å². The molecule has 25 heavy (non-hydrogen) atoms. The van der Waals surface area contributed by atoms with E-state index in [-0.39, 0.29) is 11.3 Å². The molecule has 7 nitrogen and oxygen atoms in total. The van der Waals surface area contributed by atoms with Crippen LogP contribution < -0.4 is 10.6 Å². The molecule has 140 valence electrons. The molecule has 1 aromatic heterocycles. The van der Waals surface area contributed by atoms with E-state index in [4.69, 9.17) is 4.74 Å². The zero-order chi connectivity index (χ0) is 17.5. The summed E-state index contributed by atoms with van der Waals surface area (Å²) in [6, 6.07) is 0.350. The highest BCUT2D eigenvalue weighted by Gasteiger charge is 2.34. The Labute approximate surface area is 149 Å². The van der Waals surface area contributed by atoms with Crippen LogP contribution in [0.1, 0.15) is 68.4 Å². The Morgan fingerprint density at radius 3 is 2.88 bits per heavy atom. The highest BCUT2D eigenvalue weighted by atomic mass is 16.5. The van der Waals surface area contributed by atoms with Crippen molar-refractivity contribution in [2.75, 3.05) is 32.8 Å². The van der Waals surface area contributed by atoms with E-state index in [0.717, 1.165) is 45.6 Å². The van der Waals surface area contributed by atoms with Gasteiger partial charge >= 0.3 is 0 Å². The van der Waals surface area contributed by atoms with Crippen molar-refractivity contribution in [3.63, 3.8) is 0 Å². The molecule has 0 atom stereocenters. The van der Waals surface area contributed by atoms with Crippen molar-refractivity contribution in [3.05, 3.63) is 11.9 Å². The zero-order valence-corrected chi connectivity index (χ0v) is 15.3. The van der Waals surface area contributed by atoms with Crippen molar-refractivity contribution in [2.24, 2.45) is 5.41 Å². The number of amides is 1. The Hall–Kier alpha value is -1.47. The van der Waals surface area contributed by atoms with Crippen LogP contribution in [-0.4, -0.2) is 53.7 Å². The first-order valence-corrected chi connectivity index (χ1v) is 9.71. The number of ether oxygens (including phenoxy) is 1.